The molecule has 4 atom stereocenters. The maximum atomic E-state index is 12.9. The van der Waals surface area contributed by atoms with E-state index in [0.29, 0.717) is 28.4 Å². The van der Waals surface area contributed by atoms with Crippen LogP contribution in [0, 0.1) is 0 Å². The van der Waals surface area contributed by atoms with Crippen LogP contribution in [0.15, 0.2) is 48.5 Å². The summed E-state index contributed by atoms with van der Waals surface area (Å²) in [6.07, 6.45) is -4.15. The van der Waals surface area contributed by atoms with Crippen molar-refractivity contribution < 1.29 is 48.9 Å². The molecule has 10 heteroatoms. The Morgan fingerprint density at radius 2 is 1.53 bits per heavy atom. The van der Waals surface area contributed by atoms with Crippen LogP contribution in [0.1, 0.15) is 33.7 Å². The third-order valence-electron chi connectivity index (χ3n) is 6.22. The molecule has 2 unspecified atom stereocenters. The zero-order chi connectivity index (χ0) is 25.6. The van der Waals surface area contributed by atoms with Gasteiger partial charge in [-0.2, -0.15) is 0 Å². The molecule has 0 saturated heterocycles. The SMILES string of the molecule is COc1cc(O)c2c(c1)O[C@H](c1ccc3c(c1)OC(c1ccc(O)c(OC)c1)C(CO)O3)[C@@H](O)C2=O. The van der Waals surface area contributed by atoms with E-state index in [0.717, 1.165) is 0 Å². The summed E-state index contributed by atoms with van der Waals surface area (Å²) in [5.74, 6) is 0.184. The fourth-order valence-corrected chi connectivity index (χ4v) is 4.39. The molecule has 2 aliphatic rings. The third kappa shape index (κ3) is 3.90. The number of fused-ring (bicyclic) bond motifs is 2. The first-order chi connectivity index (χ1) is 17.3. The number of Topliss-reactive ketones (excluding diaryl/α,β-unsaturated/α-hetero) is 1. The molecular weight excluding hydrogens is 472 g/mol. The van der Waals surface area contributed by atoms with Crippen molar-refractivity contribution in [2.45, 2.75) is 24.4 Å². The molecular formula is C26H24O10. The number of carbonyl (C=O) groups excluding carboxylic acids is 1. The number of methoxy groups -OCH3 is 2. The highest BCUT2D eigenvalue weighted by Gasteiger charge is 2.40. The highest BCUT2D eigenvalue weighted by molar-refractivity contribution is 6.05. The molecule has 2 heterocycles. The largest absolute Gasteiger partial charge is 0.507 e. The summed E-state index contributed by atoms with van der Waals surface area (Å²) in [6.45, 7) is -0.337. The van der Waals surface area contributed by atoms with Crippen molar-refractivity contribution in [3.63, 3.8) is 0 Å². The Morgan fingerprint density at radius 3 is 2.25 bits per heavy atom. The van der Waals surface area contributed by atoms with Crippen LogP contribution in [-0.4, -0.2) is 59.2 Å². The van der Waals surface area contributed by atoms with E-state index in [1.54, 1.807) is 30.3 Å². The monoisotopic (exact) mass is 496 g/mol. The van der Waals surface area contributed by atoms with Crippen molar-refractivity contribution in [3.05, 3.63) is 65.2 Å². The van der Waals surface area contributed by atoms with Gasteiger partial charge in [-0.05, 0) is 29.8 Å². The zero-order valence-electron chi connectivity index (χ0n) is 19.4. The molecule has 5 rings (SSSR count). The number of carbonyl (C=O) groups is 1. The summed E-state index contributed by atoms with van der Waals surface area (Å²) in [7, 11) is 2.84. The maximum absolute atomic E-state index is 12.9. The summed E-state index contributed by atoms with van der Waals surface area (Å²) in [5.41, 5.74) is 0.903. The van der Waals surface area contributed by atoms with E-state index in [-0.39, 0.29) is 35.2 Å². The van der Waals surface area contributed by atoms with Crippen molar-refractivity contribution in [1.82, 2.24) is 0 Å². The molecule has 0 bridgehead atoms. The van der Waals surface area contributed by atoms with Crippen LogP contribution in [0.25, 0.3) is 0 Å². The number of hydrogen-bond donors (Lipinski definition) is 4. The van der Waals surface area contributed by atoms with Gasteiger partial charge in [0, 0.05) is 17.7 Å². The van der Waals surface area contributed by atoms with E-state index in [9.17, 15) is 25.2 Å². The number of aromatic hydroxyl groups is 2. The Kier molecular flexibility index (Phi) is 5.99. The molecule has 4 N–H and O–H groups in total. The number of phenolic OH excluding ortho intramolecular Hbond substituents is 2. The summed E-state index contributed by atoms with van der Waals surface area (Å²) in [5, 5.41) is 40.8. The number of phenols is 2. The van der Waals surface area contributed by atoms with Crippen LogP contribution in [-0.2, 0) is 0 Å². The van der Waals surface area contributed by atoms with E-state index in [2.05, 4.69) is 0 Å². The minimum atomic E-state index is -1.58. The summed E-state index contributed by atoms with van der Waals surface area (Å²) in [4.78, 5) is 12.9. The number of hydrogen-bond acceptors (Lipinski definition) is 10. The molecule has 0 radical (unpaired) electrons. The van der Waals surface area contributed by atoms with Gasteiger partial charge in [-0.1, -0.05) is 12.1 Å². The molecule has 0 saturated carbocycles. The van der Waals surface area contributed by atoms with E-state index in [1.165, 1.54) is 32.4 Å². The predicted octanol–water partition coefficient (Wildman–Crippen LogP) is 2.67. The van der Waals surface area contributed by atoms with Crippen molar-refractivity contribution in [1.29, 1.82) is 0 Å². The van der Waals surface area contributed by atoms with Crippen molar-refractivity contribution in [3.8, 4) is 40.2 Å². The molecule has 0 aliphatic carbocycles. The molecule has 0 fully saturated rings. The van der Waals surface area contributed by atoms with Crippen molar-refractivity contribution in [2.75, 3.05) is 20.8 Å². The normalized spacial score (nSPS) is 22.4. The van der Waals surface area contributed by atoms with Gasteiger partial charge in [-0.3, -0.25) is 4.79 Å². The fraction of sp³-hybridized carbons (Fsp3) is 0.269. The van der Waals surface area contributed by atoms with E-state index >= 15 is 0 Å². The van der Waals surface area contributed by atoms with Gasteiger partial charge in [0.2, 0.25) is 5.78 Å². The first-order valence-electron chi connectivity index (χ1n) is 11.1. The molecule has 0 aromatic heterocycles. The van der Waals surface area contributed by atoms with Crippen LogP contribution in [0.2, 0.25) is 0 Å². The maximum Gasteiger partial charge on any atom is 0.202 e. The fourth-order valence-electron chi connectivity index (χ4n) is 4.39. The molecule has 10 nitrogen and oxygen atoms in total. The zero-order valence-corrected chi connectivity index (χ0v) is 19.4. The molecule has 3 aromatic carbocycles. The number of benzene rings is 3. The Balaban J connectivity index is 1.49. The first-order valence-corrected chi connectivity index (χ1v) is 11.1. The van der Waals surface area contributed by atoms with Gasteiger partial charge >= 0.3 is 0 Å². The lowest BCUT2D eigenvalue weighted by molar-refractivity contribution is -0.0130. The average molecular weight is 496 g/mol. The second-order valence-corrected chi connectivity index (χ2v) is 8.38. The van der Waals surface area contributed by atoms with E-state index in [1.807, 2.05) is 0 Å². The summed E-state index contributed by atoms with van der Waals surface area (Å²) in [6, 6.07) is 12.2. The number of aliphatic hydroxyl groups excluding tert-OH is 2. The molecule has 0 amide bonds. The first kappa shape index (κ1) is 23.6. The number of ether oxygens (including phenoxy) is 5. The van der Waals surface area contributed by atoms with Crippen molar-refractivity contribution >= 4 is 5.78 Å². The van der Waals surface area contributed by atoms with Crippen LogP contribution >= 0.6 is 0 Å². The molecule has 2 aliphatic heterocycles. The number of aliphatic hydroxyl groups is 2. The van der Waals surface area contributed by atoms with Gasteiger partial charge in [0.1, 0.15) is 22.8 Å². The van der Waals surface area contributed by atoms with Crippen LogP contribution in [0.3, 0.4) is 0 Å². The highest BCUT2D eigenvalue weighted by Crippen LogP contribution is 2.46. The average Bonchev–Trinajstić information content (AvgIpc) is 2.89. The van der Waals surface area contributed by atoms with Gasteiger partial charge in [0.25, 0.3) is 0 Å². The Bertz CT molecular complexity index is 1320. The standard InChI is InChI=1S/C26H24O10/c1-32-14-9-16(29)22-20(10-14)36-26(24(31)23(22)30)13-4-6-17-19(8-13)35-25(21(11-27)34-17)12-3-5-15(28)18(7-12)33-2/h3-10,21,24-29,31H,11H2,1-2H3/t21?,24-,25?,26+/m0/s1. The number of rotatable bonds is 5. The lowest BCUT2D eigenvalue weighted by Gasteiger charge is -2.35. The molecule has 3 aromatic rings. The Hall–Kier alpha value is -4.15. The minimum Gasteiger partial charge on any atom is -0.507 e. The second kappa shape index (κ2) is 9.14. The predicted molar refractivity (Wildman–Crippen MR) is 124 cm³/mol. The molecule has 0 spiro atoms. The lowest BCUT2D eigenvalue weighted by Crippen LogP contribution is -2.37. The van der Waals surface area contributed by atoms with Crippen LogP contribution in [0.4, 0.5) is 0 Å². The topological polar surface area (TPSA) is 144 Å². The van der Waals surface area contributed by atoms with Gasteiger partial charge in [0.15, 0.2) is 47.4 Å². The van der Waals surface area contributed by atoms with Gasteiger partial charge in [-0.25, -0.2) is 0 Å². The smallest absolute Gasteiger partial charge is 0.202 e. The van der Waals surface area contributed by atoms with Gasteiger partial charge in [0.05, 0.1) is 20.8 Å². The quantitative estimate of drug-likeness (QED) is 0.416. The molecule has 36 heavy (non-hydrogen) atoms. The van der Waals surface area contributed by atoms with Gasteiger partial charge < -0.3 is 44.1 Å². The van der Waals surface area contributed by atoms with Gasteiger partial charge in [-0.15, -0.1) is 0 Å². The van der Waals surface area contributed by atoms with Crippen molar-refractivity contribution in [2.24, 2.45) is 0 Å². The van der Waals surface area contributed by atoms with E-state index < -0.39 is 30.2 Å². The Labute approximate surface area is 205 Å². The number of ketones is 1. The third-order valence-corrected chi connectivity index (χ3v) is 6.22. The van der Waals surface area contributed by atoms with Crippen LogP contribution < -0.4 is 23.7 Å². The van der Waals surface area contributed by atoms with E-state index in [4.69, 9.17) is 23.7 Å². The Morgan fingerprint density at radius 1 is 0.806 bits per heavy atom. The molecule has 188 valence electrons. The summed E-state index contributed by atoms with van der Waals surface area (Å²) >= 11 is 0. The second-order valence-electron chi connectivity index (χ2n) is 8.38. The highest BCUT2D eigenvalue weighted by atomic mass is 16.6. The van der Waals surface area contributed by atoms with Crippen LogP contribution in [0.5, 0.6) is 40.2 Å². The lowest BCUT2D eigenvalue weighted by atomic mass is 9.92. The minimum absolute atomic E-state index is 0.0442. The summed E-state index contributed by atoms with van der Waals surface area (Å²) < 4.78 is 28.4.